The van der Waals surface area contributed by atoms with E-state index in [1.807, 2.05) is 48.5 Å². The van der Waals surface area contributed by atoms with Crippen molar-refractivity contribution in [3.8, 4) is 0 Å². The number of thioether (sulfide) groups is 1. The van der Waals surface area contributed by atoms with Crippen molar-refractivity contribution in [2.45, 2.75) is 12.5 Å². The third-order valence-corrected chi connectivity index (χ3v) is 7.59. The molecule has 4 nitrogen and oxygen atoms in total. The first kappa shape index (κ1) is 16.8. The van der Waals surface area contributed by atoms with Gasteiger partial charge in [-0.15, -0.1) is 0 Å². The van der Waals surface area contributed by atoms with Crippen LogP contribution < -0.4 is 0 Å². The fraction of sp³-hybridized carbons (Fsp3) is 0.222. The lowest BCUT2D eigenvalue weighted by Gasteiger charge is -2.20. The van der Waals surface area contributed by atoms with Crippen molar-refractivity contribution in [2.24, 2.45) is 0 Å². The molecule has 2 aliphatic rings. The van der Waals surface area contributed by atoms with Gasteiger partial charge in [0, 0.05) is 0 Å². The van der Waals surface area contributed by atoms with Crippen LogP contribution in [0.3, 0.4) is 0 Å². The van der Waals surface area contributed by atoms with Crippen LogP contribution in [-0.4, -0.2) is 41.1 Å². The summed E-state index contributed by atoms with van der Waals surface area (Å²) in [5.41, 5.74) is 0.956. The predicted molar refractivity (Wildman–Crippen MR) is 106 cm³/mol. The van der Waals surface area contributed by atoms with Gasteiger partial charge in [0.05, 0.1) is 22.5 Å². The first-order chi connectivity index (χ1) is 11.9. The van der Waals surface area contributed by atoms with E-state index in [-0.39, 0.29) is 23.5 Å². The number of amides is 1. The number of carbonyl (C=O) groups excluding carboxylic acids is 1. The van der Waals surface area contributed by atoms with E-state index in [1.54, 1.807) is 0 Å². The Morgan fingerprint density at radius 1 is 1.16 bits per heavy atom. The second-order valence-electron chi connectivity index (χ2n) is 6.18. The number of fused-ring (bicyclic) bond motifs is 1. The monoisotopic (exact) mass is 389 g/mol. The van der Waals surface area contributed by atoms with Crippen LogP contribution in [0, 0.1) is 0 Å². The van der Waals surface area contributed by atoms with Gasteiger partial charge in [0.15, 0.2) is 9.84 Å². The Bertz CT molecular complexity index is 1020. The Morgan fingerprint density at radius 3 is 2.68 bits per heavy atom. The van der Waals surface area contributed by atoms with Crippen molar-refractivity contribution in [3.63, 3.8) is 0 Å². The molecular weight excluding hydrogens is 374 g/mol. The van der Waals surface area contributed by atoms with E-state index in [9.17, 15) is 13.2 Å². The largest absolute Gasteiger partial charge is 0.289 e. The van der Waals surface area contributed by atoms with E-state index < -0.39 is 9.84 Å². The molecule has 2 fully saturated rings. The molecule has 2 aromatic carbocycles. The summed E-state index contributed by atoms with van der Waals surface area (Å²) in [6.45, 7) is 0. The molecular formula is C18H15NO3S3. The molecule has 1 atom stereocenters. The fourth-order valence-electron chi connectivity index (χ4n) is 3.29. The smallest absolute Gasteiger partial charge is 0.266 e. The number of rotatable bonds is 2. The second-order valence-corrected chi connectivity index (χ2v) is 10.1. The average molecular weight is 390 g/mol. The predicted octanol–water partition coefficient (Wildman–Crippen LogP) is 3.23. The van der Waals surface area contributed by atoms with Gasteiger partial charge in [-0.3, -0.25) is 9.69 Å². The Labute approximate surface area is 155 Å². The summed E-state index contributed by atoms with van der Waals surface area (Å²) in [6, 6.07) is 13.6. The zero-order valence-electron chi connectivity index (χ0n) is 13.2. The maximum atomic E-state index is 12.8. The summed E-state index contributed by atoms with van der Waals surface area (Å²) in [6.07, 6.45) is 2.31. The van der Waals surface area contributed by atoms with Gasteiger partial charge in [-0.2, -0.15) is 0 Å². The van der Waals surface area contributed by atoms with Gasteiger partial charge < -0.3 is 0 Å². The number of nitrogens with zero attached hydrogens (tertiary/aromatic N) is 1. The zero-order chi connectivity index (χ0) is 17.6. The van der Waals surface area contributed by atoms with Crippen molar-refractivity contribution in [1.82, 2.24) is 4.90 Å². The molecule has 0 spiro atoms. The molecule has 0 aromatic heterocycles. The van der Waals surface area contributed by atoms with Crippen molar-refractivity contribution in [3.05, 3.63) is 52.9 Å². The van der Waals surface area contributed by atoms with Crippen molar-refractivity contribution >= 4 is 60.9 Å². The van der Waals surface area contributed by atoms with Gasteiger partial charge in [-0.25, -0.2) is 8.42 Å². The summed E-state index contributed by atoms with van der Waals surface area (Å²) in [4.78, 5) is 14.8. The van der Waals surface area contributed by atoms with Crippen LogP contribution in [0.4, 0.5) is 0 Å². The van der Waals surface area contributed by atoms with Gasteiger partial charge in [-0.1, -0.05) is 66.4 Å². The normalized spacial score (nSPS) is 24.6. The third kappa shape index (κ3) is 3.12. The van der Waals surface area contributed by atoms with Crippen LogP contribution in [0.25, 0.3) is 16.8 Å². The van der Waals surface area contributed by atoms with Crippen LogP contribution in [-0.2, 0) is 14.6 Å². The van der Waals surface area contributed by atoms with Crippen molar-refractivity contribution < 1.29 is 13.2 Å². The van der Waals surface area contributed by atoms with E-state index in [4.69, 9.17) is 12.2 Å². The zero-order valence-corrected chi connectivity index (χ0v) is 15.7. The third-order valence-electron chi connectivity index (χ3n) is 4.51. The van der Waals surface area contributed by atoms with Crippen molar-refractivity contribution in [2.75, 3.05) is 11.5 Å². The number of sulfone groups is 1. The van der Waals surface area contributed by atoms with Gasteiger partial charge >= 0.3 is 0 Å². The molecule has 0 bridgehead atoms. The summed E-state index contributed by atoms with van der Waals surface area (Å²) >= 11 is 6.60. The highest BCUT2D eigenvalue weighted by Crippen LogP contribution is 2.37. The SMILES string of the molecule is O=C1/C(=C\c2cccc3ccccc23)SC(=S)N1C1CCS(=O)(=O)C1. The number of thiocarbonyl (C=S) groups is 1. The minimum atomic E-state index is -3.07. The molecule has 1 amide bonds. The summed E-state index contributed by atoms with van der Waals surface area (Å²) in [5, 5.41) is 2.17. The number of carbonyl (C=O) groups is 1. The second kappa shape index (κ2) is 6.23. The summed E-state index contributed by atoms with van der Waals surface area (Å²) in [5.74, 6) is -0.0667. The van der Waals surface area contributed by atoms with E-state index in [1.165, 1.54) is 16.7 Å². The van der Waals surface area contributed by atoms with Crippen molar-refractivity contribution in [1.29, 1.82) is 0 Å². The molecule has 4 rings (SSSR count). The number of hydrogen-bond donors (Lipinski definition) is 0. The van der Waals surface area contributed by atoms with Crippen LogP contribution in [0.15, 0.2) is 47.4 Å². The highest BCUT2D eigenvalue weighted by molar-refractivity contribution is 8.26. The van der Waals surface area contributed by atoms with Crippen LogP contribution in [0.2, 0.25) is 0 Å². The summed E-state index contributed by atoms with van der Waals surface area (Å²) < 4.78 is 23.9. The summed E-state index contributed by atoms with van der Waals surface area (Å²) in [7, 11) is -3.07. The van der Waals surface area contributed by atoms with E-state index in [2.05, 4.69) is 0 Å². The lowest BCUT2D eigenvalue weighted by atomic mass is 10.0. The van der Waals surface area contributed by atoms with Crippen LogP contribution in [0.1, 0.15) is 12.0 Å². The van der Waals surface area contributed by atoms with Crippen LogP contribution >= 0.6 is 24.0 Å². The van der Waals surface area contributed by atoms with Gasteiger partial charge in [-0.05, 0) is 28.8 Å². The molecule has 0 radical (unpaired) electrons. The maximum absolute atomic E-state index is 12.8. The lowest BCUT2D eigenvalue weighted by Crippen LogP contribution is -2.39. The first-order valence-corrected chi connectivity index (χ1v) is 10.9. The molecule has 2 aromatic rings. The minimum Gasteiger partial charge on any atom is -0.289 e. The minimum absolute atomic E-state index is 0.000980. The quantitative estimate of drug-likeness (QED) is 0.583. The van der Waals surface area contributed by atoms with Crippen LogP contribution in [0.5, 0.6) is 0 Å². The van der Waals surface area contributed by atoms with Gasteiger partial charge in [0.25, 0.3) is 5.91 Å². The molecule has 128 valence electrons. The molecule has 0 aliphatic carbocycles. The highest BCUT2D eigenvalue weighted by atomic mass is 32.2. The Kier molecular flexibility index (Phi) is 4.17. The molecule has 0 N–H and O–H groups in total. The Morgan fingerprint density at radius 2 is 1.92 bits per heavy atom. The van der Waals surface area contributed by atoms with E-state index >= 15 is 0 Å². The topological polar surface area (TPSA) is 54.5 Å². The van der Waals surface area contributed by atoms with E-state index in [0.29, 0.717) is 15.6 Å². The molecule has 2 saturated heterocycles. The first-order valence-electron chi connectivity index (χ1n) is 7.90. The average Bonchev–Trinajstić information content (AvgIpc) is 3.07. The Balaban J connectivity index is 1.69. The van der Waals surface area contributed by atoms with Gasteiger partial charge in [0.2, 0.25) is 0 Å². The molecule has 2 heterocycles. The lowest BCUT2D eigenvalue weighted by molar-refractivity contribution is -0.123. The fourth-order valence-corrected chi connectivity index (χ4v) is 6.38. The highest BCUT2D eigenvalue weighted by Gasteiger charge is 2.42. The molecule has 1 unspecified atom stereocenters. The number of hydrogen-bond acceptors (Lipinski definition) is 5. The maximum Gasteiger partial charge on any atom is 0.266 e. The van der Waals surface area contributed by atoms with E-state index in [0.717, 1.165) is 16.3 Å². The molecule has 7 heteroatoms. The molecule has 0 saturated carbocycles. The standard InChI is InChI=1S/C18H15NO3S3/c20-17-16(10-13-6-3-5-12-4-1-2-7-15(12)13)24-18(23)19(17)14-8-9-25(21,22)11-14/h1-7,10,14H,8-9,11H2/b16-10+. The Hall–Kier alpha value is -1.70. The van der Waals surface area contributed by atoms with Gasteiger partial charge in [0.1, 0.15) is 4.32 Å². The molecule has 25 heavy (non-hydrogen) atoms. The number of benzene rings is 2. The molecule has 2 aliphatic heterocycles.